The highest BCUT2D eigenvalue weighted by molar-refractivity contribution is 6.25. The van der Waals surface area contributed by atoms with Crippen molar-refractivity contribution in [3.63, 3.8) is 0 Å². The lowest BCUT2D eigenvalue weighted by Crippen LogP contribution is -2.57. The van der Waals surface area contributed by atoms with Crippen molar-refractivity contribution in [1.29, 1.82) is 0 Å². The number of benzene rings is 3. The molecule has 1 fully saturated rings. The molecule has 1 heterocycles. The number of nitrogens with zero attached hydrogens (tertiary/aromatic N) is 2. The number of imide groups is 1. The Morgan fingerprint density at radius 3 is 1.94 bits per heavy atom. The third-order valence-electron chi connectivity index (χ3n) is 7.27. The van der Waals surface area contributed by atoms with E-state index in [1.54, 1.807) is 24.3 Å². The van der Waals surface area contributed by atoms with E-state index >= 15 is 0 Å². The second-order valence-electron chi connectivity index (χ2n) is 8.55. The van der Waals surface area contributed by atoms with Crippen molar-refractivity contribution in [2.75, 3.05) is 4.90 Å². The van der Waals surface area contributed by atoms with Crippen molar-refractivity contribution in [3.05, 3.63) is 105 Å². The molecule has 0 radical (unpaired) electrons. The van der Waals surface area contributed by atoms with Crippen LogP contribution in [0.3, 0.4) is 0 Å². The Hall–Kier alpha value is -4.33. The molecular weight excluding hydrogens is 424 g/mol. The van der Waals surface area contributed by atoms with E-state index in [1.807, 2.05) is 24.3 Å². The molecule has 2 atom stereocenters. The van der Waals surface area contributed by atoms with E-state index in [1.165, 1.54) is 24.3 Å². The molecule has 3 aromatic rings. The molecule has 1 saturated heterocycles. The molecule has 7 rings (SSSR count). The zero-order chi connectivity index (χ0) is 23.1. The van der Waals surface area contributed by atoms with Crippen molar-refractivity contribution in [2.45, 2.75) is 11.3 Å². The molecular formula is C25H16N2O6. The van der Waals surface area contributed by atoms with Gasteiger partial charge >= 0.3 is 5.97 Å². The van der Waals surface area contributed by atoms with Crippen LogP contribution in [0.15, 0.2) is 72.8 Å². The maximum atomic E-state index is 13.8. The Balaban J connectivity index is 1.61. The number of rotatable bonds is 3. The van der Waals surface area contributed by atoms with Crippen LogP contribution in [0.1, 0.15) is 28.2 Å². The number of amides is 2. The molecule has 162 valence electrons. The zero-order valence-corrected chi connectivity index (χ0v) is 17.0. The molecule has 0 aromatic heterocycles. The highest BCUT2D eigenvalue weighted by Crippen LogP contribution is 2.64. The van der Waals surface area contributed by atoms with Gasteiger partial charge in [-0.25, -0.2) is 4.90 Å². The first-order valence-corrected chi connectivity index (χ1v) is 10.4. The van der Waals surface area contributed by atoms with Crippen molar-refractivity contribution in [2.24, 2.45) is 11.8 Å². The largest absolute Gasteiger partial charge is 0.480 e. The van der Waals surface area contributed by atoms with Gasteiger partial charge in [-0.05, 0) is 34.4 Å². The molecule has 0 saturated carbocycles. The van der Waals surface area contributed by atoms with Gasteiger partial charge in [0.2, 0.25) is 11.8 Å². The van der Waals surface area contributed by atoms with Gasteiger partial charge < -0.3 is 5.11 Å². The van der Waals surface area contributed by atoms with Crippen molar-refractivity contribution in [1.82, 2.24) is 0 Å². The van der Waals surface area contributed by atoms with Crippen LogP contribution in [-0.4, -0.2) is 27.8 Å². The summed E-state index contributed by atoms with van der Waals surface area (Å²) in [5, 5.41) is 21.7. The summed E-state index contributed by atoms with van der Waals surface area (Å²) < 4.78 is 0. The number of nitro benzene ring substituents is 1. The van der Waals surface area contributed by atoms with Gasteiger partial charge in [-0.2, -0.15) is 0 Å². The minimum Gasteiger partial charge on any atom is -0.480 e. The lowest BCUT2D eigenvalue weighted by molar-refractivity contribution is -0.384. The Morgan fingerprint density at radius 1 is 0.879 bits per heavy atom. The summed E-state index contributed by atoms with van der Waals surface area (Å²) in [4.78, 5) is 52.0. The number of anilines is 1. The number of carbonyl (C=O) groups is 3. The van der Waals surface area contributed by atoms with E-state index in [2.05, 4.69) is 0 Å². The fourth-order valence-corrected chi connectivity index (χ4v) is 6.11. The average molecular weight is 440 g/mol. The number of nitro groups is 1. The minimum absolute atomic E-state index is 0.169. The van der Waals surface area contributed by atoms with Gasteiger partial charge in [0.05, 0.1) is 22.4 Å². The summed E-state index contributed by atoms with van der Waals surface area (Å²) in [5.74, 6) is -4.72. The lowest BCUT2D eigenvalue weighted by atomic mass is 9.47. The second kappa shape index (κ2) is 6.35. The van der Waals surface area contributed by atoms with Crippen LogP contribution in [0.25, 0.3) is 0 Å². The monoisotopic (exact) mass is 440 g/mol. The molecule has 2 bridgehead atoms. The van der Waals surface area contributed by atoms with Gasteiger partial charge in [0.1, 0.15) is 5.41 Å². The van der Waals surface area contributed by atoms with E-state index in [9.17, 15) is 29.6 Å². The fraction of sp³-hybridized carbons (Fsp3) is 0.160. The first kappa shape index (κ1) is 19.4. The molecule has 0 unspecified atom stereocenters. The van der Waals surface area contributed by atoms with E-state index in [0.717, 1.165) is 16.0 Å². The maximum Gasteiger partial charge on any atom is 0.319 e. The van der Waals surface area contributed by atoms with Gasteiger partial charge in [-0.3, -0.25) is 24.5 Å². The average Bonchev–Trinajstić information content (AvgIpc) is 3.09. The van der Waals surface area contributed by atoms with Gasteiger partial charge in [0.15, 0.2) is 0 Å². The molecule has 1 N–H and O–H groups in total. The summed E-state index contributed by atoms with van der Waals surface area (Å²) in [7, 11) is 0. The summed E-state index contributed by atoms with van der Waals surface area (Å²) in [6.45, 7) is 0. The Morgan fingerprint density at radius 2 is 1.42 bits per heavy atom. The molecule has 0 spiro atoms. The molecule has 33 heavy (non-hydrogen) atoms. The minimum atomic E-state index is -1.70. The third-order valence-corrected chi connectivity index (χ3v) is 7.27. The topological polar surface area (TPSA) is 118 Å². The summed E-state index contributed by atoms with van der Waals surface area (Å²) in [6, 6.07) is 19.4. The van der Waals surface area contributed by atoms with Crippen LogP contribution in [0.4, 0.5) is 11.4 Å². The molecule has 3 aromatic carbocycles. The van der Waals surface area contributed by atoms with E-state index in [0.29, 0.717) is 11.1 Å². The normalized spacial score (nSPS) is 26.5. The summed E-state index contributed by atoms with van der Waals surface area (Å²) >= 11 is 0. The predicted octanol–water partition coefficient (Wildman–Crippen LogP) is 3.23. The first-order valence-electron chi connectivity index (χ1n) is 10.4. The molecule has 8 heteroatoms. The van der Waals surface area contributed by atoms with Crippen molar-refractivity contribution < 1.29 is 24.4 Å². The van der Waals surface area contributed by atoms with Gasteiger partial charge in [-0.15, -0.1) is 0 Å². The number of hydrogen-bond acceptors (Lipinski definition) is 5. The van der Waals surface area contributed by atoms with Crippen LogP contribution >= 0.6 is 0 Å². The molecule has 1 aliphatic heterocycles. The quantitative estimate of drug-likeness (QED) is 0.380. The number of hydrogen-bond donors (Lipinski definition) is 1. The molecule has 8 nitrogen and oxygen atoms in total. The fourth-order valence-electron chi connectivity index (χ4n) is 6.11. The van der Waals surface area contributed by atoms with E-state index < -0.39 is 45.9 Å². The molecule has 4 aliphatic rings. The van der Waals surface area contributed by atoms with Crippen LogP contribution in [0.5, 0.6) is 0 Å². The van der Waals surface area contributed by atoms with Crippen LogP contribution in [0, 0.1) is 22.0 Å². The number of aliphatic carboxylic acids is 1. The maximum absolute atomic E-state index is 13.8. The standard InChI is InChI=1S/C25H16N2O6/c28-22-20-19-15-5-1-3-7-17(15)25(24(30)31,18-8-4-2-6-16(18)19)21(20)23(29)26(22)13-9-11-14(12-10-13)27(32)33/h1-12,19-21H,(H,30,31)/t19?,20-,21-,25?/m1/s1. The summed E-state index contributed by atoms with van der Waals surface area (Å²) in [5.41, 5.74) is 0.881. The van der Waals surface area contributed by atoms with Gasteiger partial charge in [0.25, 0.3) is 5.69 Å². The Kier molecular flexibility index (Phi) is 3.73. The predicted molar refractivity (Wildman–Crippen MR) is 116 cm³/mol. The highest BCUT2D eigenvalue weighted by atomic mass is 16.6. The Labute approximate surface area is 187 Å². The smallest absolute Gasteiger partial charge is 0.319 e. The van der Waals surface area contributed by atoms with Crippen LogP contribution in [0.2, 0.25) is 0 Å². The number of non-ortho nitro benzene ring substituents is 1. The number of carbonyl (C=O) groups excluding carboxylic acids is 2. The lowest BCUT2D eigenvalue weighted by Gasteiger charge is -2.51. The summed E-state index contributed by atoms with van der Waals surface area (Å²) in [6.07, 6.45) is 0. The van der Waals surface area contributed by atoms with Gasteiger partial charge in [-0.1, -0.05) is 48.5 Å². The van der Waals surface area contributed by atoms with Crippen LogP contribution in [-0.2, 0) is 19.8 Å². The third kappa shape index (κ3) is 2.17. The van der Waals surface area contributed by atoms with E-state index in [-0.39, 0.29) is 11.4 Å². The number of carboxylic acid groups (broad SMARTS) is 1. The molecule has 2 amide bonds. The zero-order valence-electron chi connectivity index (χ0n) is 17.0. The highest BCUT2D eigenvalue weighted by Gasteiger charge is 2.71. The van der Waals surface area contributed by atoms with Crippen LogP contribution < -0.4 is 4.90 Å². The first-order chi connectivity index (χ1) is 15.9. The number of carboxylic acids is 1. The molecule has 3 aliphatic carbocycles. The Bertz CT molecular complexity index is 1350. The second-order valence-corrected chi connectivity index (χ2v) is 8.55. The van der Waals surface area contributed by atoms with Crippen molar-refractivity contribution in [3.8, 4) is 0 Å². The van der Waals surface area contributed by atoms with E-state index in [4.69, 9.17) is 0 Å². The van der Waals surface area contributed by atoms with Crippen molar-refractivity contribution >= 4 is 29.2 Å². The SMILES string of the molecule is O=C1[C@@H]2C3c4ccccc4C(C(=O)O)(c4ccccc43)[C@H]2C(=O)N1c1ccc([N+](=O)[O-])cc1. The van der Waals surface area contributed by atoms with Gasteiger partial charge in [0, 0.05) is 18.1 Å².